The van der Waals surface area contributed by atoms with Crippen molar-refractivity contribution in [2.45, 2.75) is 6.54 Å². The van der Waals surface area contributed by atoms with Crippen LogP contribution in [0.1, 0.15) is 4.88 Å². The summed E-state index contributed by atoms with van der Waals surface area (Å²) in [6.45, 7) is 4.74. The van der Waals surface area contributed by atoms with Crippen LogP contribution in [0.3, 0.4) is 0 Å². The summed E-state index contributed by atoms with van der Waals surface area (Å²) in [7, 11) is 2.15. The molecule has 0 amide bonds. The second-order valence-corrected chi connectivity index (χ2v) is 7.02. The van der Waals surface area contributed by atoms with Crippen LogP contribution in [0.5, 0.6) is 0 Å². The topological polar surface area (TPSA) is 57.2 Å². The van der Waals surface area contributed by atoms with Gasteiger partial charge in [0, 0.05) is 42.6 Å². The fourth-order valence-corrected chi connectivity index (χ4v) is 3.48. The molecule has 1 aliphatic rings. The zero-order chi connectivity index (χ0) is 16.4. The molecule has 4 rings (SSSR count). The van der Waals surface area contributed by atoms with Gasteiger partial charge >= 0.3 is 0 Å². The second-order valence-electron chi connectivity index (χ2n) is 5.99. The molecule has 0 radical (unpaired) electrons. The second kappa shape index (κ2) is 6.70. The number of fused-ring (bicyclic) bond motifs is 1. The van der Waals surface area contributed by atoms with Gasteiger partial charge in [-0.2, -0.15) is 4.98 Å². The zero-order valence-electron chi connectivity index (χ0n) is 13.6. The molecule has 3 aromatic rings. The Morgan fingerprint density at radius 2 is 2.04 bits per heavy atom. The zero-order valence-corrected chi connectivity index (χ0v) is 14.5. The smallest absolute Gasteiger partial charge is 0.228 e. The fourth-order valence-electron chi connectivity index (χ4n) is 2.84. The molecule has 1 fully saturated rings. The lowest BCUT2D eigenvalue weighted by atomic mass is 10.3. The van der Waals surface area contributed by atoms with Crippen molar-refractivity contribution in [2.24, 2.45) is 0 Å². The number of piperazine rings is 1. The molecule has 1 aliphatic heterocycles. The maximum absolute atomic E-state index is 4.81. The van der Waals surface area contributed by atoms with E-state index in [1.54, 1.807) is 17.5 Å². The Morgan fingerprint density at radius 1 is 1.17 bits per heavy atom. The normalized spacial score (nSPS) is 15.8. The van der Waals surface area contributed by atoms with Crippen molar-refractivity contribution in [1.82, 2.24) is 19.9 Å². The SMILES string of the molecule is CN1CCN(c2nc(NCc3cccs3)c3ccncc3n2)CC1. The first-order chi connectivity index (χ1) is 11.8. The maximum atomic E-state index is 4.81. The van der Waals surface area contributed by atoms with E-state index in [0.29, 0.717) is 0 Å². The molecule has 0 saturated carbocycles. The van der Waals surface area contributed by atoms with Crippen molar-refractivity contribution in [3.63, 3.8) is 0 Å². The molecule has 3 aromatic heterocycles. The van der Waals surface area contributed by atoms with Gasteiger partial charge in [-0.05, 0) is 24.6 Å². The summed E-state index contributed by atoms with van der Waals surface area (Å²) >= 11 is 1.75. The van der Waals surface area contributed by atoms with Crippen molar-refractivity contribution >= 4 is 34.0 Å². The largest absolute Gasteiger partial charge is 0.364 e. The first-order valence-corrected chi connectivity index (χ1v) is 8.99. The Balaban J connectivity index is 1.65. The monoisotopic (exact) mass is 340 g/mol. The van der Waals surface area contributed by atoms with E-state index in [1.165, 1.54) is 4.88 Å². The third-order valence-corrected chi connectivity index (χ3v) is 5.16. The molecular weight excluding hydrogens is 320 g/mol. The number of hydrogen-bond acceptors (Lipinski definition) is 7. The number of rotatable bonds is 4. The molecule has 0 bridgehead atoms. The summed E-state index contributed by atoms with van der Waals surface area (Å²) in [5.41, 5.74) is 0.884. The Morgan fingerprint density at radius 3 is 2.83 bits per heavy atom. The van der Waals surface area contributed by atoms with Crippen molar-refractivity contribution in [1.29, 1.82) is 0 Å². The highest BCUT2D eigenvalue weighted by molar-refractivity contribution is 7.09. The molecule has 0 aromatic carbocycles. The van der Waals surface area contributed by atoms with E-state index in [2.05, 4.69) is 44.7 Å². The first-order valence-electron chi connectivity index (χ1n) is 8.11. The molecule has 24 heavy (non-hydrogen) atoms. The Labute approximate surface area is 145 Å². The summed E-state index contributed by atoms with van der Waals surface area (Å²) < 4.78 is 0. The van der Waals surface area contributed by atoms with Crippen LogP contribution >= 0.6 is 11.3 Å². The summed E-state index contributed by atoms with van der Waals surface area (Å²) in [5, 5.41) is 6.58. The summed E-state index contributed by atoms with van der Waals surface area (Å²) in [4.78, 5) is 19.6. The van der Waals surface area contributed by atoms with Crippen LogP contribution in [0.2, 0.25) is 0 Å². The molecule has 1 saturated heterocycles. The summed E-state index contributed by atoms with van der Waals surface area (Å²) in [6.07, 6.45) is 3.60. The fraction of sp³-hybridized carbons (Fsp3) is 0.353. The van der Waals surface area contributed by atoms with Gasteiger partial charge < -0.3 is 15.1 Å². The lowest BCUT2D eigenvalue weighted by Gasteiger charge is -2.32. The third-order valence-electron chi connectivity index (χ3n) is 4.28. The molecule has 4 heterocycles. The van der Waals surface area contributed by atoms with Crippen molar-refractivity contribution in [3.8, 4) is 0 Å². The Kier molecular flexibility index (Phi) is 4.27. The summed E-state index contributed by atoms with van der Waals surface area (Å²) in [6, 6.07) is 6.17. The van der Waals surface area contributed by atoms with E-state index in [1.807, 2.05) is 12.3 Å². The van der Waals surface area contributed by atoms with Crippen LogP contribution in [0.4, 0.5) is 11.8 Å². The maximum Gasteiger partial charge on any atom is 0.228 e. The van der Waals surface area contributed by atoms with Crippen molar-refractivity contribution in [2.75, 3.05) is 43.4 Å². The molecule has 0 unspecified atom stereocenters. The van der Waals surface area contributed by atoms with E-state index in [0.717, 1.165) is 55.4 Å². The number of likely N-dealkylation sites (N-methyl/N-ethyl adjacent to an activating group) is 1. The minimum absolute atomic E-state index is 0.772. The highest BCUT2D eigenvalue weighted by atomic mass is 32.1. The molecule has 124 valence electrons. The average molecular weight is 340 g/mol. The van der Waals surface area contributed by atoms with Gasteiger partial charge in [-0.1, -0.05) is 6.07 Å². The number of nitrogens with one attached hydrogen (secondary N) is 1. The first kappa shape index (κ1) is 15.3. The molecule has 0 aliphatic carbocycles. The van der Waals surface area contributed by atoms with Gasteiger partial charge in [0.1, 0.15) is 5.82 Å². The lowest BCUT2D eigenvalue weighted by Crippen LogP contribution is -2.45. The molecule has 1 N–H and O–H groups in total. The number of anilines is 2. The van der Waals surface area contributed by atoms with E-state index in [-0.39, 0.29) is 0 Å². The van der Waals surface area contributed by atoms with Crippen LogP contribution in [-0.4, -0.2) is 53.1 Å². The van der Waals surface area contributed by atoms with E-state index >= 15 is 0 Å². The third kappa shape index (κ3) is 3.18. The van der Waals surface area contributed by atoms with E-state index < -0.39 is 0 Å². The van der Waals surface area contributed by atoms with E-state index in [9.17, 15) is 0 Å². The minimum atomic E-state index is 0.772. The lowest BCUT2D eigenvalue weighted by molar-refractivity contribution is 0.311. The molecular formula is C17H20N6S. The van der Waals surface area contributed by atoms with Gasteiger partial charge in [-0.15, -0.1) is 11.3 Å². The predicted octanol–water partition coefficient (Wildman–Crippen LogP) is 2.45. The van der Waals surface area contributed by atoms with Gasteiger partial charge in [0.05, 0.1) is 18.3 Å². The summed E-state index contributed by atoms with van der Waals surface area (Å²) in [5.74, 6) is 1.67. The average Bonchev–Trinajstić information content (AvgIpc) is 3.13. The van der Waals surface area contributed by atoms with Gasteiger partial charge in [0.2, 0.25) is 5.95 Å². The minimum Gasteiger partial charge on any atom is -0.364 e. The number of nitrogens with zero attached hydrogens (tertiary/aromatic N) is 5. The van der Waals surface area contributed by atoms with Crippen LogP contribution in [0, 0.1) is 0 Å². The van der Waals surface area contributed by atoms with Crippen molar-refractivity contribution in [3.05, 3.63) is 40.8 Å². The van der Waals surface area contributed by atoms with Gasteiger partial charge in [-0.3, -0.25) is 4.98 Å². The van der Waals surface area contributed by atoms with Gasteiger partial charge in [-0.25, -0.2) is 4.98 Å². The highest BCUT2D eigenvalue weighted by Gasteiger charge is 2.18. The van der Waals surface area contributed by atoms with Crippen LogP contribution < -0.4 is 10.2 Å². The number of pyridine rings is 1. The van der Waals surface area contributed by atoms with Gasteiger partial charge in [0.15, 0.2) is 0 Å². The number of aromatic nitrogens is 3. The van der Waals surface area contributed by atoms with Crippen LogP contribution in [-0.2, 0) is 6.54 Å². The molecule has 7 heteroatoms. The van der Waals surface area contributed by atoms with Crippen LogP contribution in [0.25, 0.3) is 10.9 Å². The molecule has 0 atom stereocenters. The number of hydrogen-bond donors (Lipinski definition) is 1. The van der Waals surface area contributed by atoms with E-state index in [4.69, 9.17) is 9.97 Å². The standard InChI is InChI=1S/C17H20N6S/c1-22-6-8-23(9-7-22)17-20-15-12-18-5-4-14(15)16(21-17)19-11-13-3-2-10-24-13/h2-5,10,12H,6-9,11H2,1H3,(H,19,20,21). The Hall–Kier alpha value is -2.25. The molecule has 0 spiro atoms. The van der Waals surface area contributed by atoms with Gasteiger partial charge in [0.25, 0.3) is 0 Å². The number of thiophene rings is 1. The van der Waals surface area contributed by atoms with Crippen molar-refractivity contribution < 1.29 is 0 Å². The molecule has 6 nitrogen and oxygen atoms in total. The highest BCUT2D eigenvalue weighted by Crippen LogP contribution is 2.24. The van der Waals surface area contributed by atoms with Crippen LogP contribution in [0.15, 0.2) is 36.0 Å². The quantitative estimate of drug-likeness (QED) is 0.787. The predicted molar refractivity (Wildman–Crippen MR) is 98.7 cm³/mol. The Bertz CT molecular complexity index is 811.